The van der Waals surface area contributed by atoms with E-state index in [4.69, 9.17) is 0 Å². The normalized spacial score (nSPS) is 21.0. The Morgan fingerprint density at radius 2 is 2.33 bits per heavy atom. The van der Waals surface area contributed by atoms with Crippen molar-refractivity contribution in [3.63, 3.8) is 0 Å². The molecule has 0 aromatic carbocycles. The summed E-state index contributed by atoms with van der Waals surface area (Å²) in [4.78, 5) is 18.4. The largest absolute Gasteiger partial charge is 0.311 e. The molecule has 0 amide bonds. The Morgan fingerprint density at radius 1 is 1.58 bits per heavy atom. The second-order valence-corrected chi connectivity index (χ2v) is 3.45. The number of hydrogen-bond donors (Lipinski definition) is 1. The van der Waals surface area contributed by atoms with Gasteiger partial charge in [0.1, 0.15) is 5.82 Å². The van der Waals surface area contributed by atoms with Gasteiger partial charge in [-0.25, -0.2) is 4.98 Å². The minimum Gasteiger partial charge on any atom is -0.311 e. The molecule has 0 aliphatic heterocycles. The second kappa shape index (κ2) is 2.44. The SMILES string of the molecule is Cc1nc2c(c(=O)[nH]1)CC[C@H]2C. The van der Waals surface area contributed by atoms with Crippen molar-refractivity contribution in [2.45, 2.75) is 32.6 Å². The van der Waals surface area contributed by atoms with E-state index in [0.29, 0.717) is 5.92 Å². The summed E-state index contributed by atoms with van der Waals surface area (Å²) in [6.07, 6.45) is 1.95. The summed E-state index contributed by atoms with van der Waals surface area (Å²) in [5.74, 6) is 1.19. The molecule has 0 spiro atoms. The molecule has 0 unspecified atom stereocenters. The van der Waals surface area contributed by atoms with Crippen LogP contribution in [0.1, 0.15) is 36.3 Å². The lowest BCUT2D eigenvalue weighted by molar-refractivity contribution is 0.727. The Labute approximate surface area is 70.9 Å². The lowest BCUT2D eigenvalue weighted by Gasteiger charge is -2.02. The molecular weight excluding hydrogens is 152 g/mol. The zero-order valence-corrected chi connectivity index (χ0v) is 7.35. The van der Waals surface area contributed by atoms with Crippen LogP contribution >= 0.6 is 0 Å². The third-order valence-corrected chi connectivity index (χ3v) is 2.46. The van der Waals surface area contributed by atoms with Crippen LogP contribution in [-0.2, 0) is 6.42 Å². The third kappa shape index (κ3) is 0.967. The number of rotatable bonds is 0. The van der Waals surface area contributed by atoms with Gasteiger partial charge in [-0.05, 0) is 25.7 Å². The van der Waals surface area contributed by atoms with Crippen LogP contribution in [0.25, 0.3) is 0 Å². The Bertz CT molecular complexity index is 367. The minimum absolute atomic E-state index is 0.0573. The molecule has 0 fully saturated rings. The minimum atomic E-state index is 0.0573. The summed E-state index contributed by atoms with van der Waals surface area (Å²) in [5, 5.41) is 0. The standard InChI is InChI=1S/C9H12N2O/c1-5-3-4-7-8(5)10-6(2)11-9(7)12/h5H,3-4H2,1-2H3,(H,10,11,12)/t5-/m1/s1. The molecule has 1 aromatic heterocycles. The predicted octanol–water partition coefficient (Wildman–Crippen LogP) is 1.13. The molecule has 1 atom stereocenters. The second-order valence-electron chi connectivity index (χ2n) is 3.45. The number of aryl methyl sites for hydroxylation is 1. The summed E-state index contributed by atoms with van der Waals surface area (Å²) in [6, 6.07) is 0. The van der Waals surface area contributed by atoms with Crippen molar-refractivity contribution in [2.75, 3.05) is 0 Å². The summed E-state index contributed by atoms with van der Waals surface area (Å²) in [5.41, 5.74) is 1.96. The van der Waals surface area contributed by atoms with E-state index in [9.17, 15) is 4.79 Å². The monoisotopic (exact) mass is 164 g/mol. The zero-order valence-electron chi connectivity index (χ0n) is 7.35. The van der Waals surface area contributed by atoms with Crippen LogP contribution in [0, 0.1) is 6.92 Å². The van der Waals surface area contributed by atoms with Gasteiger partial charge in [-0.15, -0.1) is 0 Å². The Kier molecular flexibility index (Phi) is 1.53. The van der Waals surface area contributed by atoms with Gasteiger partial charge in [0.25, 0.3) is 5.56 Å². The highest BCUT2D eigenvalue weighted by molar-refractivity contribution is 5.26. The van der Waals surface area contributed by atoms with E-state index in [1.165, 1.54) is 0 Å². The third-order valence-electron chi connectivity index (χ3n) is 2.46. The average Bonchev–Trinajstić information content (AvgIpc) is 2.33. The molecule has 1 N–H and O–H groups in total. The Hall–Kier alpha value is -1.12. The Balaban J connectivity index is 2.68. The van der Waals surface area contributed by atoms with Crippen molar-refractivity contribution in [1.82, 2.24) is 9.97 Å². The molecule has 12 heavy (non-hydrogen) atoms. The lowest BCUT2D eigenvalue weighted by atomic mass is 10.1. The quantitative estimate of drug-likeness (QED) is 0.624. The van der Waals surface area contributed by atoms with Crippen molar-refractivity contribution in [1.29, 1.82) is 0 Å². The van der Waals surface area contributed by atoms with E-state index in [0.717, 1.165) is 29.9 Å². The maximum atomic E-state index is 11.4. The van der Waals surface area contributed by atoms with Crippen LogP contribution in [0.4, 0.5) is 0 Å². The van der Waals surface area contributed by atoms with Crippen molar-refractivity contribution in [3.8, 4) is 0 Å². The topological polar surface area (TPSA) is 45.8 Å². The molecule has 1 heterocycles. The average molecular weight is 164 g/mol. The highest BCUT2D eigenvalue weighted by atomic mass is 16.1. The fourth-order valence-corrected chi connectivity index (χ4v) is 1.78. The van der Waals surface area contributed by atoms with Crippen LogP contribution in [0.2, 0.25) is 0 Å². The molecule has 1 aliphatic carbocycles. The van der Waals surface area contributed by atoms with Gasteiger partial charge in [-0.1, -0.05) is 6.92 Å². The number of nitrogens with one attached hydrogen (secondary N) is 1. The summed E-state index contributed by atoms with van der Waals surface area (Å²) in [7, 11) is 0. The molecule has 3 nitrogen and oxygen atoms in total. The highest BCUT2D eigenvalue weighted by Gasteiger charge is 2.22. The summed E-state index contributed by atoms with van der Waals surface area (Å²) in [6.45, 7) is 3.95. The first-order valence-electron chi connectivity index (χ1n) is 4.28. The molecule has 3 heteroatoms. The van der Waals surface area contributed by atoms with Crippen LogP contribution in [0.15, 0.2) is 4.79 Å². The van der Waals surface area contributed by atoms with Crippen molar-refractivity contribution in [3.05, 3.63) is 27.4 Å². The van der Waals surface area contributed by atoms with Gasteiger partial charge in [-0.2, -0.15) is 0 Å². The fourth-order valence-electron chi connectivity index (χ4n) is 1.78. The maximum Gasteiger partial charge on any atom is 0.254 e. The van der Waals surface area contributed by atoms with Gasteiger partial charge in [0.15, 0.2) is 0 Å². The van der Waals surface area contributed by atoms with Gasteiger partial charge in [0.05, 0.1) is 5.69 Å². The fraction of sp³-hybridized carbons (Fsp3) is 0.556. The predicted molar refractivity (Wildman–Crippen MR) is 46.3 cm³/mol. The van der Waals surface area contributed by atoms with E-state index >= 15 is 0 Å². The molecule has 0 saturated heterocycles. The van der Waals surface area contributed by atoms with Gasteiger partial charge in [0.2, 0.25) is 0 Å². The zero-order chi connectivity index (χ0) is 8.72. The molecule has 1 aliphatic rings. The van der Waals surface area contributed by atoms with E-state index in [-0.39, 0.29) is 5.56 Å². The number of H-pyrrole nitrogens is 1. The van der Waals surface area contributed by atoms with Crippen molar-refractivity contribution in [2.24, 2.45) is 0 Å². The summed E-state index contributed by atoms with van der Waals surface area (Å²) < 4.78 is 0. The van der Waals surface area contributed by atoms with E-state index in [1.54, 1.807) is 0 Å². The first-order chi connectivity index (χ1) is 5.68. The Morgan fingerprint density at radius 3 is 3.08 bits per heavy atom. The lowest BCUT2D eigenvalue weighted by Crippen LogP contribution is -2.15. The van der Waals surface area contributed by atoms with E-state index in [2.05, 4.69) is 16.9 Å². The van der Waals surface area contributed by atoms with E-state index in [1.807, 2.05) is 6.92 Å². The maximum absolute atomic E-state index is 11.4. The molecule has 1 aromatic rings. The highest BCUT2D eigenvalue weighted by Crippen LogP contribution is 2.27. The molecule has 0 bridgehead atoms. The molecule has 0 radical (unpaired) electrons. The van der Waals surface area contributed by atoms with Crippen LogP contribution < -0.4 is 5.56 Å². The molecule has 2 rings (SSSR count). The van der Waals surface area contributed by atoms with Gasteiger partial charge in [-0.3, -0.25) is 4.79 Å². The number of fused-ring (bicyclic) bond motifs is 1. The summed E-state index contributed by atoms with van der Waals surface area (Å²) >= 11 is 0. The smallest absolute Gasteiger partial charge is 0.254 e. The van der Waals surface area contributed by atoms with Crippen LogP contribution in [-0.4, -0.2) is 9.97 Å². The van der Waals surface area contributed by atoms with Crippen molar-refractivity contribution >= 4 is 0 Å². The molecular formula is C9H12N2O. The number of aromatic nitrogens is 2. The van der Waals surface area contributed by atoms with Crippen LogP contribution in [0.5, 0.6) is 0 Å². The van der Waals surface area contributed by atoms with Gasteiger partial charge >= 0.3 is 0 Å². The molecule has 64 valence electrons. The van der Waals surface area contributed by atoms with E-state index < -0.39 is 0 Å². The molecule has 0 saturated carbocycles. The van der Waals surface area contributed by atoms with Gasteiger partial charge < -0.3 is 4.98 Å². The van der Waals surface area contributed by atoms with Crippen molar-refractivity contribution < 1.29 is 0 Å². The number of aromatic amines is 1. The number of nitrogens with zero attached hydrogens (tertiary/aromatic N) is 1. The first kappa shape index (κ1) is 7.53. The van der Waals surface area contributed by atoms with Crippen LogP contribution in [0.3, 0.4) is 0 Å². The first-order valence-corrected chi connectivity index (χ1v) is 4.28. The van der Waals surface area contributed by atoms with Gasteiger partial charge in [0, 0.05) is 5.56 Å². The number of hydrogen-bond acceptors (Lipinski definition) is 2.